The molecule has 0 saturated carbocycles. The number of nitrogens with zero attached hydrogens (tertiary/aromatic N) is 3. The molecule has 0 atom stereocenters. The van der Waals surface area contributed by atoms with Crippen LogP contribution in [0, 0.1) is 11.3 Å². The lowest BCUT2D eigenvalue weighted by Gasteiger charge is -2.12. The summed E-state index contributed by atoms with van der Waals surface area (Å²) >= 11 is 7.28. The zero-order valence-electron chi connectivity index (χ0n) is 21.4. The highest BCUT2D eigenvalue weighted by Crippen LogP contribution is 2.39. The Hall–Kier alpha value is -4.46. The second-order valence-electron chi connectivity index (χ2n) is 8.88. The Bertz CT molecular complexity index is 1750. The molecule has 0 spiro atoms. The van der Waals surface area contributed by atoms with E-state index in [0.717, 1.165) is 35.8 Å². The Morgan fingerprint density at radius 1 is 1.20 bits per heavy atom. The van der Waals surface area contributed by atoms with E-state index in [1.165, 1.54) is 21.9 Å². The van der Waals surface area contributed by atoms with Crippen LogP contribution >= 0.6 is 22.9 Å². The lowest BCUT2D eigenvalue weighted by molar-refractivity contribution is -0.112. The highest BCUT2D eigenvalue weighted by atomic mass is 35.5. The van der Waals surface area contributed by atoms with Gasteiger partial charge < -0.3 is 14.8 Å². The van der Waals surface area contributed by atoms with Crippen molar-refractivity contribution in [3.8, 4) is 17.7 Å². The van der Waals surface area contributed by atoms with Crippen LogP contribution in [0.5, 0.6) is 11.6 Å². The summed E-state index contributed by atoms with van der Waals surface area (Å²) in [6.07, 6.45) is 6.11. The van der Waals surface area contributed by atoms with E-state index >= 15 is 0 Å². The van der Waals surface area contributed by atoms with Crippen LogP contribution in [0.2, 0.25) is 5.02 Å². The molecule has 3 heterocycles. The van der Waals surface area contributed by atoms with E-state index in [1.54, 1.807) is 49.4 Å². The predicted octanol–water partition coefficient (Wildman–Crippen LogP) is 5.80. The van der Waals surface area contributed by atoms with Gasteiger partial charge in [0.15, 0.2) is 0 Å². The van der Waals surface area contributed by atoms with Gasteiger partial charge >= 0.3 is 5.97 Å². The maximum atomic E-state index is 13.5. The summed E-state index contributed by atoms with van der Waals surface area (Å²) in [7, 11) is 0. The number of carbonyl (C=O) groups excluding carboxylic acids is 2. The molecule has 1 aromatic carbocycles. The van der Waals surface area contributed by atoms with Crippen molar-refractivity contribution in [2.75, 3.05) is 11.9 Å². The predicted molar refractivity (Wildman–Crippen MR) is 152 cm³/mol. The number of hydrogen-bond acceptors (Lipinski definition) is 8. The third-order valence-corrected chi connectivity index (χ3v) is 7.75. The third-order valence-electron chi connectivity index (χ3n) is 6.29. The number of pyridine rings is 1. The number of anilines is 1. The number of esters is 1. The lowest BCUT2D eigenvalue weighted by Crippen LogP contribution is -2.20. The first kappa shape index (κ1) is 27.1. The Balaban J connectivity index is 1.55. The summed E-state index contributed by atoms with van der Waals surface area (Å²) in [4.78, 5) is 45.1. The summed E-state index contributed by atoms with van der Waals surface area (Å²) in [5.74, 6) is -1.02. The Morgan fingerprint density at radius 2 is 1.98 bits per heavy atom. The number of hydrogen-bond donors (Lipinski definition) is 1. The zero-order chi connectivity index (χ0) is 28.2. The Morgan fingerprint density at radius 3 is 2.73 bits per heavy atom. The fraction of sp³-hybridized carbons (Fsp3) is 0.207. The van der Waals surface area contributed by atoms with Crippen LogP contribution in [0.4, 0.5) is 5.00 Å². The fourth-order valence-electron chi connectivity index (χ4n) is 4.43. The molecule has 1 N–H and O–H groups in total. The first-order valence-electron chi connectivity index (χ1n) is 12.6. The highest BCUT2D eigenvalue weighted by molar-refractivity contribution is 7.17. The molecular weight excluding hydrogens is 552 g/mol. The molecule has 0 aliphatic heterocycles. The minimum atomic E-state index is -0.776. The van der Waals surface area contributed by atoms with E-state index in [4.69, 9.17) is 21.1 Å². The fourth-order valence-corrected chi connectivity index (χ4v) is 5.83. The first-order valence-corrected chi connectivity index (χ1v) is 13.8. The van der Waals surface area contributed by atoms with Crippen molar-refractivity contribution >= 4 is 51.5 Å². The first-order chi connectivity index (χ1) is 19.4. The van der Waals surface area contributed by atoms with Gasteiger partial charge in [-0.2, -0.15) is 10.2 Å². The lowest BCUT2D eigenvalue weighted by atomic mass is 9.95. The van der Waals surface area contributed by atoms with Gasteiger partial charge in [0.2, 0.25) is 5.88 Å². The van der Waals surface area contributed by atoms with Gasteiger partial charge in [0.1, 0.15) is 33.6 Å². The van der Waals surface area contributed by atoms with Crippen molar-refractivity contribution in [2.24, 2.45) is 0 Å². The molecular formula is C29H23ClN4O5S. The molecule has 1 aliphatic carbocycles. The van der Waals surface area contributed by atoms with Crippen LogP contribution in [0.15, 0.2) is 59.0 Å². The zero-order valence-corrected chi connectivity index (χ0v) is 23.0. The van der Waals surface area contributed by atoms with Crippen molar-refractivity contribution in [2.45, 2.75) is 32.6 Å². The smallest absolute Gasteiger partial charge is 0.341 e. The third kappa shape index (κ3) is 5.47. The van der Waals surface area contributed by atoms with E-state index in [2.05, 4.69) is 10.3 Å². The summed E-state index contributed by atoms with van der Waals surface area (Å²) in [6.45, 7) is 1.90. The number of aryl methyl sites for hydroxylation is 1. The molecule has 3 aromatic heterocycles. The number of thiophene rings is 1. The van der Waals surface area contributed by atoms with Gasteiger partial charge in [0.05, 0.1) is 12.2 Å². The molecule has 202 valence electrons. The second-order valence-corrected chi connectivity index (χ2v) is 10.4. The normalized spacial score (nSPS) is 12.9. The van der Waals surface area contributed by atoms with Gasteiger partial charge in [-0.15, -0.1) is 11.3 Å². The molecule has 9 nitrogen and oxygen atoms in total. The summed E-state index contributed by atoms with van der Waals surface area (Å²) in [5.41, 5.74) is 0.529. The maximum absolute atomic E-state index is 13.5. The molecule has 40 heavy (non-hydrogen) atoms. The number of carbonyl (C=O) groups is 2. The van der Waals surface area contributed by atoms with E-state index in [1.807, 2.05) is 6.07 Å². The number of rotatable bonds is 7. The molecule has 4 aromatic rings. The van der Waals surface area contributed by atoms with Crippen LogP contribution in [0.25, 0.3) is 11.7 Å². The molecule has 0 fully saturated rings. The Kier molecular flexibility index (Phi) is 7.96. The number of amides is 1. The van der Waals surface area contributed by atoms with Crippen LogP contribution < -0.4 is 15.6 Å². The van der Waals surface area contributed by atoms with Gasteiger partial charge in [-0.25, -0.2) is 4.79 Å². The number of aromatic nitrogens is 2. The SMILES string of the molecule is CCOC(=O)c1c(NC(=O)/C(C#N)=C/c2c(Oc3ccc(Cl)cc3)nc3ccccn3c2=O)sc2c1CCCC2. The summed E-state index contributed by atoms with van der Waals surface area (Å²) in [6, 6.07) is 13.3. The number of halogens is 1. The minimum absolute atomic E-state index is 0.0853. The molecule has 0 bridgehead atoms. The molecule has 0 unspecified atom stereocenters. The number of nitriles is 1. The molecule has 0 radical (unpaired) electrons. The van der Waals surface area contributed by atoms with Crippen LogP contribution in [-0.2, 0) is 22.4 Å². The quantitative estimate of drug-likeness (QED) is 0.168. The molecule has 1 amide bonds. The highest BCUT2D eigenvalue weighted by Gasteiger charge is 2.28. The number of nitrogens with one attached hydrogen (secondary N) is 1. The van der Waals surface area contributed by atoms with Crippen LogP contribution in [0.1, 0.15) is 46.1 Å². The van der Waals surface area contributed by atoms with Crippen LogP contribution in [0.3, 0.4) is 0 Å². The van der Waals surface area contributed by atoms with Crippen LogP contribution in [-0.4, -0.2) is 27.9 Å². The van der Waals surface area contributed by atoms with Crippen molar-refractivity contribution in [3.05, 3.63) is 91.2 Å². The number of ether oxygens (including phenoxy) is 2. The minimum Gasteiger partial charge on any atom is -0.462 e. The monoisotopic (exact) mass is 574 g/mol. The van der Waals surface area contributed by atoms with E-state index in [0.29, 0.717) is 33.4 Å². The van der Waals surface area contributed by atoms with Gasteiger partial charge in [-0.1, -0.05) is 17.7 Å². The van der Waals surface area contributed by atoms with Gasteiger partial charge in [0.25, 0.3) is 11.5 Å². The molecule has 11 heteroatoms. The summed E-state index contributed by atoms with van der Waals surface area (Å²) in [5, 5.41) is 13.5. The molecule has 5 rings (SSSR count). The van der Waals surface area contributed by atoms with E-state index < -0.39 is 17.4 Å². The van der Waals surface area contributed by atoms with E-state index in [9.17, 15) is 19.6 Å². The van der Waals surface area contributed by atoms with Crippen molar-refractivity contribution in [1.82, 2.24) is 9.38 Å². The summed E-state index contributed by atoms with van der Waals surface area (Å²) < 4.78 is 12.4. The molecule has 1 aliphatic rings. The maximum Gasteiger partial charge on any atom is 0.341 e. The number of benzene rings is 1. The standard InChI is InChI=1S/C29H23ClN4O5S/c1-2-38-29(37)24-20-7-3-4-8-22(20)40-27(24)33-25(35)17(16-31)15-21-26(39-19-12-10-18(30)11-13-19)32-23-9-5-6-14-34(23)28(21)36/h5-6,9-15H,2-4,7-8H2,1H3,(H,33,35)/b17-15+. The molecule has 0 saturated heterocycles. The number of fused-ring (bicyclic) bond motifs is 2. The average Bonchev–Trinajstić information content (AvgIpc) is 3.32. The largest absolute Gasteiger partial charge is 0.462 e. The average molecular weight is 575 g/mol. The Labute approximate surface area is 238 Å². The van der Waals surface area contributed by atoms with Gasteiger partial charge in [-0.05, 0) is 80.6 Å². The van der Waals surface area contributed by atoms with Crippen molar-refractivity contribution < 1.29 is 19.1 Å². The second kappa shape index (κ2) is 11.7. The van der Waals surface area contributed by atoms with E-state index in [-0.39, 0.29) is 23.6 Å². The topological polar surface area (TPSA) is 123 Å². The van der Waals surface area contributed by atoms with Crippen molar-refractivity contribution in [3.63, 3.8) is 0 Å². The van der Waals surface area contributed by atoms with Gasteiger partial charge in [-0.3, -0.25) is 14.0 Å². The van der Waals surface area contributed by atoms with Gasteiger partial charge in [0, 0.05) is 16.1 Å². The van der Waals surface area contributed by atoms with Crippen molar-refractivity contribution in [1.29, 1.82) is 5.26 Å².